The largest absolute Gasteiger partial charge is 0.325 e. The normalized spacial score (nSPS) is 18.4. The van der Waals surface area contributed by atoms with Crippen LogP contribution < -0.4 is 10.6 Å². The Morgan fingerprint density at radius 3 is 2.64 bits per heavy atom. The van der Waals surface area contributed by atoms with Gasteiger partial charge in [-0.25, -0.2) is 14.2 Å². The fourth-order valence-corrected chi connectivity index (χ4v) is 4.44. The van der Waals surface area contributed by atoms with Crippen molar-refractivity contribution in [2.45, 2.75) is 37.6 Å². The first-order chi connectivity index (χ1) is 13.5. The molecule has 1 aliphatic carbocycles. The summed E-state index contributed by atoms with van der Waals surface area (Å²) in [7, 11) is 0. The predicted octanol–water partition coefficient (Wildman–Crippen LogP) is 3.14. The molecule has 28 heavy (non-hydrogen) atoms. The molecule has 0 atom stereocenters. The third-order valence-electron chi connectivity index (χ3n) is 5.15. The summed E-state index contributed by atoms with van der Waals surface area (Å²) in [6, 6.07) is 5.37. The Hall–Kier alpha value is -2.81. The fourth-order valence-electron chi connectivity index (χ4n) is 3.70. The predicted molar refractivity (Wildman–Crippen MR) is 102 cm³/mol. The van der Waals surface area contributed by atoms with Gasteiger partial charge in [-0.2, -0.15) is 0 Å². The minimum Gasteiger partial charge on any atom is -0.323 e. The third-order valence-corrected chi connectivity index (χ3v) is 5.90. The van der Waals surface area contributed by atoms with Gasteiger partial charge in [0.2, 0.25) is 5.91 Å². The molecule has 4 amide bonds. The monoisotopic (exact) mass is 402 g/mol. The van der Waals surface area contributed by atoms with Crippen molar-refractivity contribution < 1.29 is 18.8 Å². The number of imide groups is 1. The molecule has 4 rings (SSSR count). The van der Waals surface area contributed by atoms with Gasteiger partial charge in [-0.05, 0) is 37.1 Å². The van der Waals surface area contributed by atoms with Crippen LogP contribution in [-0.2, 0) is 9.59 Å². The van der Waals surface area contributed by atoms with Crippen molar-refractivity contribution >= 4 is 34.3 Å². The SMILES string of the molecule is O=C(CN1C(=O)NC2(CCCCC2)C1=O)Nc1nc(-c2ccc(F)cc2)cs1. The van der Waals surface area contributed by atoms with Gasteiger partial charge in [-0.15, -0.1) is 11.3 Å². The van der Waals surface area contributed by atoms with Gasteiger partial charge in [0, 0.05) is 10.9 Å². The molecule has 1 aliphatic heterocycles. The van der Waals surface area contributed by atoms with Crippen molar-refractivity contribution in [1.82, 2.24) is 15.2 Å². The molecule has 2 N–H and O–H groups in total. The van der Waals surface area contributed by atoms with Crippen LogP contribution in [0.1, 0.15) is 32.1 Å². The highest BCUT2D eigenvalue weighted by Crippen LogP contribution is 2.33. The van der Waals surface area contributed by atoms with Crippen molar-refractivity contribution in [2.75, 3.05) is 11.9 Å². The Morgan fingerprint density at radius 1 is 1.21 bits per heavy atom. The molecule has 146 valence electrons. The number of nitrogens with one attached hydrogen (secondary N) is 2. The number of benzene rings is 1. The van der Waals surface area contributed by atoms with E-state index < -0.39 is 17.5 Å². The van der Waals surface area contributed by atoms with Gasteiger partial charge in [0.25, 0.3) is 5.91 Å². The summed E-state index contributed by atoms with van der Waals surface area (Å²) in [5.74, 6) is -1.15. The Labute approximate surface area is 164 Å². The van der Waals surface area contributed by atoms with E-state index in [1.807, 2.05) is 0 Å². The Bertz CT molecular complexity index is 922. The van der Waals surface area contributed by atoms with Gasteiger partial charge in [0.05, 0.1) is 5.69 Å². The van der Waals surface area contributed by atoms with E-state index >= 15 is 0 Å². The summed E-state index contributed by atoms with van der Waals surface area (Å²) < 4.78 is 13.0. The second-order valence-electron chi connectivity index (χ2n) is 7.06. The van der Waals surface area contributed by atoms with Crippen LogP contribution in [0.2, 0.25) is 0 Å². The Morgan fingerprint density at radius 2 is 1.93 bits per heavy atom. The van der Waals surface area contributed by atoms with Crippen LogP contribution in [0.15, 0.2) is 29.6 Å². The second kappa shape index (κ2) is 7.31. The van der Waals surface area contributed by atoms with Crippen LogP contribution in [0.3, 0.4) is 0 Å². The molecule has 1 aromatic heterocycles. The van der Waals surface area contributed by atoms with Crippen molar-refractivity contribution in [3.8, 4) is 11.3 Å². The first-order valence-electron chi connectivity index (χ1n) is 9.12. The molecule has 1 aromatic carbocycles. The molecular weight excluding hydrogens is 383 g/mol. The summed E-state index contributed by atoms with van der Waals surface area (Å²) >= 11 is 1.22. The van der Waals surface area contributed by atoms with Gasteiger partial charge >= 0.3 is 6.03 Å². The lowest BCUT2D eigenvalue weighted by atomic mass is 9.82. The minimum atomic E-state index is -0.841. The molecule has 9 heteroatoms. The zero-order valence-electron chi connectivity index (χ0n) is 15.0. The van der Waals surface area contributed by atoms with Crippen molar-refractivity contribution in [3.63, 3.8) is 0 Å². The van der Waals surface area contributed by atoms with E-state index in [0.717, 1.165) is 29.7 Å². The number of aromatic nitrogens is 1. The van der Waals surface area contributed by atoms with E-state index in [1.54, 1.807) is 17.5 Å². The van der Waals surface area contributed by atoms with Gasteiger partial charge in [0.15, 0.2) is 5.13 Å². The summed E-state index contributed by atoms with van der Waals surface area (Å²) in [5, 5.41) is 7.50. The first-order valence-corrected chi connectivity index (χ1v) is 10.0. The number of rotatable bonds is 4. The molecule has 2 fully saturated rings. The zero-order valence-corrected chi connectivity index (χ0v) is 15.9. The molecule has 0 unspecified atom stereocenters. The van der Waals surface area contributed by atoms with E-state index in [2.05, 4.69) is 15.6 Å². The molecule has 2 heterocycles. The maximum absolute atomic E-state index is 13.0. The van der Waals surface area contributed by atoms with Crippen LogP contribution >= 0.6 is 11.3 Å². The molecule has 2 aliphatic rings. The van der Waals surface area contributed by atoms with Gasteiger partial charge in [-0.3, -0.25) is 14.5 Å². The van der Waals surface area contributed by atoms with Gasteiger partial charge in [0.1, 0.15) is 17.9 Å². The molecule has 7 nitrogen and oxygen atoms in total. The average Bonchev–Trinajstić information content (AvgIpc) is 3.22. The highest BCUT2D eigenvalue weighted by Gasteiger charge is 2.51. The highest BCUT2D eigenvalue weighted by molar-refractivity contribution is 7.14. The number of urea groups is 1. The van der Waals surface area contributed by atoms with Gasteiger partial charge < -0.3 is 10.6 Å². The van der Waals surface area contributed by atoms with Crippen LogP contribution in [-0.4, -0.2) is 39.8 Å². The highest BCUT2D eigenvalue weighted by atomic mass is 32.1. The fraction of sp³-hybridized carbons (Fsp3) is 0.368. The third kappa shape index (κ3) is 3.49. The summed E-state index contributed by atoms with van der Waals surface area (Å²) in [5.41, 5.74) is 0.495. The van der Waals surface area contributed by atoms with Gasteiger partial charge in [-0.1, -0.05) is 19.3 Å². The lowest BCUT2D eigenvalue weighted by molar-refractivity contribution is -0.134. The summed E-state index contributed by atoms with van der Waals surface area (Å²) in [6.07, 6.45) is 4.05. The van der Waals surface area contributed by atoms with Crippen LogP contribution in [0.5, 0.6) is 0 Å². The van der Waals surface area contributed by atoms with Crippen LogP contribution in [0.4, 0.5) is 14.3 Å². The van der Waals surface area contributed by atoms with Crippen molar-refractivity contribution in [3.05, 3.63) is 35.5 Å². The summed E-state index contributed by atoms with van der Waals surface area (Å²) in [6.45, 7) is -0.349. The number of hydrogen-bond donors (Lipinski definition) is 2. The van der Waals surface area contributed by atoms with E-state index in [1.165, 1.54) is 23.5 Å². The second-order valence-corrected chi connectivity index (χ2v) is 7.92. The molecular formula is C19H19FN4O3S. The number of hydrogen-bond acceptors (Lipinski definition) is 5. The molecule has 1 spiro atoms. The lowest BCUT2D eigenvalue weighted by Gasteiger charge is -2.30. The maximum Gasteiger partial charge on any atom is 0.325 e. The topological polar surface area (TPSA) is 91.4 Å². The number of carbonyl (C=O) groups is 3. The summed E-state index contributed by atoms with van der Waals surface area (Å²) in [4.78, 5) is 42.6. The van der Waals surface area contributed by atoms with E-state index in [-0.39, 0.29) is 18.3 Å². The molecule has 0 radical (unpaired) electrons. The number of anilines is 1. The van der Waals surface area contributed by atoms with Crippen LogP contribution in [0, 0.1) is 5.82 Å². The average molecular weight is 402 g/mol. The van der Waals surface area contributed by atoms with E-state index in [4.69, 9.17) is 0 Å². The minimum absolute atomic E-state index is 0.321. The molecule has 0 bridgehead atoms. The van der Waals surface area contributed by atoms with E-state index in [9.17, 15) is 18.8 Å². The zero-order chi connectivity index (χ0) is 19.7. The van der Waals surface area contributed by atoms with Crippen LogP contribution in [0.25, 0.3) is 11.3 Å². The quantitative estimate of drug-likeness (QED) is 0.769. The van der Waals surface area contributed by atoms with E-state index in [0.29, 0.717) is 23.7 Å². The molecule has 2 aromatic rings. The number of halogens is 1. The number of nitrogens with zero attached hydrogens (tertiary/aromatic N) is 2. The number of thiazole rings is 1. The van der Waals surface area contributed by atoms with Crippen molar-refractivity contribution in [2.24, 2.45) is 0 Å². The maximum atomic E-state index is 13.0. The smallest absolute Gasteiger partial charge is 0.323 e. The lowest BCUT2D eigenvalue weighted by Crippen LogP contribution is -2.48. The molecule has 1 saturated heterocycles. The van der Waals surface area contributed by atoms with Crippen molar-refractivity contribution in [1.29, 1.82) is 0 Å². The Kier molecular flexibility index (Phi) is 4.84. The number of amides is 4. The standard InChI is InChI=1S/C19H19FN4O3S/c20-13-6-4-12(5-7-13)14-11-28-17(21-14)22-15(25)10-24-16(26)19(23-18(24)27)8-2-1-3-9-19/h4-7,11H,1-3,8-10H2,(H,23,27)(H,21,22,25). The number of carbonyl (C=O) groups excluding carboxylic acids is 3. The molecule has 1 saturated carbocycles. The first kappa shape index (κ1) is 18.5. The Balaban J connectivity index is 1.40.